The fourth-order valence-corrected chi connectivity index (χ4v) is 1.79. The predicted octanol–water partition coefficient (Wildman–Crippen LogP) is 2.92. The van der Waals surface area contributed by atoms with Gasteiger partial charge in [0.25, 0.3) is 0 Å². The van der Waals surface area contributed by atoms with E-state index in [9.17, 15) is 5.11 Å². The number of ether oxygens (including phenoxy) is 2. The van der Waals surface area contributed by atoms with Gasteiger partial charge in [-0.1, -0.05) is 15.9 Å². The van der Waals surface area contributed by atoms with Crippen molar-refractivity contribution in [3.8, 4) is 5.75 Å². The molecular weight excluding hydrogens is 272 g/mol. The van der Waals surface area contributed by atoms with E-state index in [1.54, 1.807) is 13.2 Å². The Bertz CT molecular complexity index is 339. The molecule has 90 valence electrons. The van der Waals surface area contributed by atoms with Crippen molar-refractivity contribution < 1.29 is 14.6 Å². The van der Waals surface area contributed by atoms with Gasteiger partial charge in [-0.3, -0.25) is 0 Å². The van der Waals surface area contributed by atoms with Gasteiger partial charge in [0.15, 0.2) is 0 Å². The second-order valence-corrected chi connectivity index (χ2v) is 4.64. The molecule has 0 aromatic heterocycles. The van der Waals surface area contributed by atoms with E-state index in [2.05, 4.69) is 15.9 Å². The fraction of sp³-hybridized carbons (Fsp3) is 0.500. The number of hydrogen-bond acceptors (Lipinski definition) is 3. The Morgan fingerprint density at radius 3 is 2.62 bits per heavy atom. The number of aliphatic hydroxyl groups is 1. The summed E-state index contributed by atoms with van der Waals surface area (Å²) in [6.45, 7) is 4.16. The topological polar surface area (TPSA) is 38.7 Å². The summed E-state index contributed by atoms with van der Waals surface area (Å²) in [4.78, 5) is 0. The van der Waals surface area contributed by atoms with Crippen molar-refractivity contribution in [3.05, 3.63) is 28.2 Å². The lowest BCUT2D eigenvalue weighted by atomic mass is 10.1. The molecule has 0 spiro atoms. The summed E-state index contributed by atoms with van der Waals surface area (Å²) in [7, 11) is 1.60. The van der Waals surface area contributed by atoms with E-state index in [4.69, 9.17) is 9.47 Å². The van der Waals surface area contributed by atoms with Crippen LogP contribution in [0.15, 0.2) is 22.7 Å². The molecule has 1 aromatic rings. The van der Waals surface area contributed by atoms with Gasteiger partial charge in [-0.25, -0.2) is 0 Å². The van der Waals surface area contributed by atoms with Gasteiger partial charge in [0.2, 0.25) is 0 Å². The highest BCUT2D eigenvalue weighted by molar-refractivity contribution is 9.10. The van der Waals surface area contributed by atoms with Crippen LogP contribution in [0.5, 0.6) is 5.75 Å². The Labute approximate surface area is 105 Å². The molecule has 0 amide bonds. The average Bonchev–Trinajstić information content (AvgIpc) is 2.26. The lowest BCUT2D eigenvalue weighted by molar-refractivity contribution is 0.00459. The van der Waals surface area contributed by atoms with Crippen LogP contribution in [-0.2, 0) is 4.74 Å². The minimum Gasteiger partial charge on any atom is -0.497 e. The summed E-state index contributed by atoms with van der Waals surface area (Å²) >= 11 is 3.40. The number of methoxy groups -OCH3 is 1. The summed E-state index contributed by atoms with van der Waals surface area (Å²) in [5.74, 6) is 0.724. The number of halogens is 1. The van der Waals surface area contributed by atoms with E-state index < -0.39 is 6.10 Å². The highest BCUT2D eigenvalue weighted by atomic mass is 79.9. The van der Waals surface area contributed by atoms with E-state index in [0.717, 1.165) is 15.8 Å². The first-order valence-corrected chi connectivity index (χ1v) is 5.97. The molecule has 0 radical (unpaired) electrons. The lowest BCUT2D eigenvalue weighted by Crippen LogP contribution is -2.12. The van der Waals surface area contributed by atoms with E-state index in [1.165, 1.54) is 0 Å². The van der Waals surface area contributed by atoms with Crippen molar-refractivity contribution in [1.29, 1.82) is 0 Å². The normalized spacial score (nSPS) is 12.9. The Morgan fingerprint density at radius 2 is 2.06 bits per heavy atom. The molecule has 1 unspecified atom stereocenters. The monoisotopic (exact) mass is 288 g/mol. The Morgan fingerprint density at radius 1 is 1.38 bits per heavy atom. The van der Waals surface area contributed by atoms with Crippen LogP contribution in [0.25, 0.3) is 0 Å². The van der Waals surface area contributed by atoms with Crippen LogP contribution in [0.4, 0.5) is 0 Å². The second-order valence-electron chi connectivity index (χ2n) is 3.79. The van der Waals surface area contributed by atoms with Gasteiger partial charge in [-0.05, 0) is 32.0 Å². The summed E-state index contributed by atoms with van der Waals surface area (Å²) in [5.41, 5.74) is 0.778. The molecule has 0 aliphatic heterocycles. The first-order chi connectivity index (χ1) is 7.54. The fourth-order valence-electron chi connectivity index (χ4n) is 1.28. The number of hydrogen-bond donors (Lipinski definition) is 1. The molecule has 0 bridgehead atoms. The van der Waals surface area contributed by atoms with Crippen LogP contribution in [-0.4, -0.2) is 24.9 Å². The number of aliphatic hydroxyl groups excluding tert-OH is 1. The van der Waals surface area contributed by atoms with E-state index in [-0.39, 0.29) is 12.7 Å². The second kappa shape index (κ2) is 6.23. The lowest BCUT2D eigenvalue weighted by Gasteiger charge is -2.16. The van der Waals surface area contributed by atoms with Crippen LogP contribution in [0.2, 0.25) is 0 Å². The van der Waals surface area contributed by atoms with Gasteiger partial charge < -0.3 is 14.6 Å². The third-order valence-electron chi connectivity index (χ3n) is 2.15. The smallest absolute Gasteiger partial charge is 0.119 e. The zero-order valence-corrected chi connectivity index (χ0v) is 11.3. The molecule has 0 heterocycles. The molecule has 1 atom stereocenters. The van der Waals surface area contributed by atoms with Crippen LogP contribution < -0.4 is 4.74 Å². The van der Waals surface area contributed by atoms with Gasteiger partial charge in [-0.2, -0.15) is 0 Å². The Balaban J connectivity index is 2.76. The molecule has 1 aromatic carbocycles. The molecule has 0 aliphatic rings. The molecule has 0 saturated heterocycles. The van der Waals surface area contributed by atoms with Crippen molar-refractivity contribution in [3.63, 3.8) is 0 Å². The molecule has 3 nitrogen and oxygen atoms in total. The van der Waals surface area contributed by atoms with Crippen molar-refractivity contribution in [2.75, 3.05) is 13.7 Å². The first kappa shape index (κ1) is 13.5. The quantitative estimate of drug-likeness (QED) is 0.905. The average molecular weight is 289 g/mol. The molecule has 16 heavy (non-hydrogen) atoms. The van der Waals surface area contributed by atoms with Crippen molar-refractivity contribution in [2.24, 2.45) is 0 Å². The predicted molar refractivity (Wildman–Crippen MR) is 66.7 cm³/mol. The van der Waals surface area contributed by atoms with E-state index in [1.807, 2.05) is 26.0 Å². The highest BCUT2D eigenvalue weighted by Crippen LogP contribution is 2.28. The summed E-state index contributed by atoms with van der Waals surface area (Å²) < 4.78 is 11.3. The van der Waals surface area contributed by atoms with Crippen molar-refractivity contribution >= 4 is 15.9 Å². The van der Waals surface area contributed by atoms with Crippen LogP contribution in [0, 0.1) is 0 Å². The van der Waals surface area contributed by atoms with Gasteiger partial charge in [0.1, 0.15) is 11.9 Å². The maximum atomic E-state index is 9.96. The van der Waals surface area contributed by atoms with Crippen molar-refractivity contribution in [2.45, 2.75) is 26.1 Å². The SMILES string of the molecule is COc1ccc(Br)c(C(O)COC(C)C)c1. The highest BCUT2D eigenvalue weighted by Gasteiger charge is 2.13. The molecule has 1 rings (SSSR count). The zero-order chi connectivity index (χ0) is 12.1. The van der Waals surface area contributed by atoms with Gasteiger partial charge >= 0.3 is 0 Å². The summed E-state index contributed by atoms with van der Waals surface area (Å²) in [6.07, 6.45) is -0.536. The Kier molecular flexibility index (Phi) is 5.25. The zero-order valence-electron chi connectivity index (χ0n) is 9.74. The van der Waals surface area contributed by atoms with Gasteiger partial charge in [-0.15, -0.1) is 0 Å². The maximum Gasteiger partial charge on any atom is 0.119 e. The third kappa shape index (κ3) is 3.77. The summed E-state index contributed by atoms with van der Waals surface area (Å²) in [6, 6.07) is 5.49. The standard InChI is InChI=1S/C12H17BrO3/c1-8(2)16-7-12(14)10-6-9(15-3)4-5-11(10)13/h4-6,8,12,14H,7H2,1-3H3. The summed E-state index contributed by atoms with van der Waals surface area (Å²) in [5, 5.41) is 9.96. The van der Waals surface area contributed by atoms with Gasteiger partial charge in [0, 0.05) is 10.0 Å². The van der Waals surface area contributed by atoms with Gasteiger partial charge in [0.05, 0.1) is 19.8 Å². The first-order valence-electron chi connectivity index (χ1n) is 5.17. The van der Waals surface area contributed by atoms with Crippen LogP contribution in [0.3, 0.4) is 0 Å². The molecular formula is C12H17BrO3. The van der Waals surface area contributed by atoms with Crippen molar-refractivity contribution in [1.82, 2.24) is 0 Å². The molecule has 0 saturated carbocycles. The molecule has 0 aliphatic carbocycles. The minimum absolute atomic E-state index is 0.110. The van der Waals surface area contributed by atoms with Crippen LogP contribution in [0.1, 0.15) is 25.5 Å². The Hall–Kier alpha value is -0.580. The molecule has 1 N–H and O–H groups in total. The largest absolute Gasteiger partial charge is 0.497 e. The number of benzene rings is 1. The number of rotatable bonds is 5. The van der Waals surface area contributed by atoms with Crippen LogP contribution >= 0.6 is 15.9 Å². The third-order valence-corrected chi connectivity index (χ3v) is 2.87. The van der Waals surface area contributed by atoms with E-state index >= 15 is 0 Å². The minimum atomic E-state index is -0.646. The maximum absolute atomic E-state index is 9.96. The van der Waals surface area contributed by atoms with E-state index in [0.29, 0.717) is 0 Å². The molecule has 4 heteroatoms. The molecule has 0 fully saturated rings.